The van der Waals surface area contributed by atoms with Crippen LogP contribution < -0.4 is 4.74 Å². The van der Waals surface area contributed by atoms with Gasteiger partial charge >= 0.3 is 0 Å². The van der Waals surface area contributed by atoms with Gasteiger partial charge in [0.1, 0.15) is 12.1 Å². The number of hydrogen-bond acceptors (Lipinski definition) is 3. The molecule has 0 aliphatic carbocycles. The minimum atomic E-state index is -0.140. The van der Waals surface area contributed by atoms with E-state index in [-0.39, 0.29) is 12.5 Å². The van der Waals surface area contributed by atoms with Crippen LogP contribution in [0.3, 0.4) is 0 Å². The zero-order valence-corrected chi connectivity index (χ0v) is 11.1. The van der Waals surface area contributed by atoms with Crippen molar-refractivity contribution in [3.8, 4) is 5.75 Å². The monoisotopic (exact) mass is 266 g/mol. The first-order valence-corrected chi connectivity index (χ1v) is 6.39. The number of fused-ring (bicyclic) bond motifs is 1. The maximum Gasteiger partial charge on any atom is 0.270 e. The Morgan fingerprint density at radius 3 is 2.70 bits per heavy atom. The summed E-state index contributed by atoms with van der Waals surface area (Å²) in [5.74, 6) is 0.549. The molecule has 3 rings (SSSR count). The van der Waals surface area contributed by atoms with Gasteiger partial charge in [-0.2, -0.15) is 0 Å². The molecule has 0 bridgehead atoms. The van der Waals surface area contributed by atoms with Gasteiger partial charge in [-0.1, -0.05) is 29.8 Å². The van der Waals surface area contributed by atoms with Gasteiger partial charge in [0.15, 0.2) is 6.61 Å². The van der Waals surface area contributed by atoms with Gasteiger partial charge in [0, 0.05) is 0 Å². The van der Waals surface area contributed by atoms with Crippen molar-refractivity contribution in [2.75, 3.05) is 6.61 Å². The molecule has 1 heterocycles. The molecule has 0 atom stereocenters. The number of para-hydroxylation sites is 2. The number of benzene rings is 2. The Balaban J connectivity index is 1.75. The number of rotatable bonds is 3. The lowest BCUT2D eigenvalue weighted by Gasteiger charge is -2.06. The Morgan fingerprint density at radius 2 is 1.90 bits per heavy atom. The second kappa shape index (κ2) is 5.17. The Bertz CT molecular complexity index is 745. The van der Waals surface area contributed by atoms with Crippen molar-refractivity contribution in [3.05, 3.63) is 60.4 Å². The summed E-state index contributed by atoms with van der Waals surface area (Å²) in [6.45, 7) is 2.00. The van der Waals surface area contributed by atoms with Gasteiger partial charge in [0.2, 0.25) is 0 Å². The number of carbonyl (C=O) groups excluding carboxylic acids is 1. The third-order valence-corrected chi connectivity index (χ3v) is 3.11. The van der Waals surface area contributed by atoms with Crippen molar-refractivity contribution in [1.82, 2.24) is 9.55 Å². The zero-order valence-electron chi connectivity index (χ0n) is 11.1. The van der Waals surface area contributed by atoms with Gasteiger partial charge in [-0.3, -0.25) is 9.36 Å². The molecule has 20 heavy (non-hydrogen) atoms. The highest BCUT2D eigenvalue weighted by Crippen LogP contribution is 2.13. The number of ether oxygens (including phenoxy) is 1. The zero-order chi connectivity index (χ0) is 13.9. The second-order valence-electron chi connectivity index (χ2n) is 4.60. The van der Waals surface area contributed by atoms with Gasteiger partial charge in [0.05, 0.1) is 11.0 Å². The molecule has 4 heteroatoms. The van der Waals surface area contributed by atoms with E-state index in [2.05, 4.69) is 4.98 Å². The van der Waals surface area contributed by atoms with Crippen LogP contribution >= 0.6 is 0 Å². The minimum Gasteiger partial charge on any atom is -0.484 e. The molecular formula is C16H14N2O2. The summed E-state index contributed by atoms with van der Waals surface area (Å²) in [5, 5.41) is 0. The van der Waals surface area contributed by atoms with Crippen LogP contribution in [0.2, 0.25) is 0 Å². The highest BCUT2D eigenvalue weighted by molar-refractivity contribution is 5.90. The Kier molecular flexibility index (Phi) is 3.21. The third kappa shape index (κ3) is 2.40. The molecule has 0 aliphatic rings. The molecule has 2 aromatic carbocycles. The molecule has 0 amide bonds. The fraction of sp³-hybridized carbons (Fsp3) is 0.125. The quantitative estimate of drug-likeness (QED) is 0.731. The predicted molar refractivity (Wildman–Crippen MR) is 77.0 cm³/mol. The number of imidazole rings is 1. The lowest BCUT2D eigenvalue weighted by molar-refractivity contribution is 0.0842. The van der Waals surface area contributed by atoms with Gasteiger partial charge in [-0.25, -0.2) is 4.98 Å². The van der Waals surface area contributed by atoms with Gasteiger partial charge < -0.3 is 4.74 Å². The smallest absolute Gasteiger partial charge is 0.270 e. The summed E-state index contributed by atoms with van der Waals surface area (Å²) >= 11 is 0. The second-order valence-corrected chi connectivity index (χ2v) is 4.60. The van der Waals surface area contributed by atoms with Crippen molar-refractivity contribution in [2.45, 2.75) is 6.92 Å². The summed E-state index contributed by atoms with van der Waals surface area (Å²) in [6.07, 6.45) is 1.53. The van der Waals surface area contributed by atoms with Crippen LogP contribution in [0.5, 0.6) is 5.75 Å². The van der Waals surface area contributed by atoms with E-state index in [4.69, 9.17) is 4.74 Å². The Labute approximate surface area is 116 Å². The molecular weight excluding hydrogens is 252 g/mol. The number of carbonyl (C=O) groups is 1. The molecule has 0 saturated heterocycles. The summed E-state index contributed by atoms with van der Waals surface area (Å²) in [7, 11) is 0. The van der Waals surface area contributed by atoms with E-state index in [9.17, 15) is 4.79 Å². The average molecular weight is 266 g/mol. The third-order valence-electron chi connectivity index (χ3n) is 3.11. The maximum atomic E-state index is 12.2. The molecule has 4 nitrogen and oxygen atoms in total. The molecule has 0 aliphatic heterocycles. The molecule has 0 unspecified atom stereocenters. The number of aryl methyl sites for hydroxylation is 1. The maximum absolute atomic E-state index is 12.2. The molecule has 0 spiro atoms. The van der Waals surface area contributed by atoms with E-state index in [0.29, 0.717) is 5.75 Å². The Morgan fingerprint density at radius 1 is 1.15 bits per heavy atom. The van der Waals surface area contributed by atoms with Crippen molar-refractivity contribution in [2.24, 2.45) is 0 Å². The van der Waals surface area contributed by atoms with E-state index in [0.717, 1.165) is 16.6 Å². The fourth-order valence-electron chi connectivity index (χ4n) is 2.01. The molecule has 1 aromatic heterocycles. The van der Waals surface area contributed by atoms with E-state index >= 15 is 0 Å². The van der Waals surface area contributed by atoms with Crippen molar-refractivity contribution in [3.63, 3.8) is 0 Å². The van der Waals surface area contributed by atoms with E-state index in [1.807, 2.05) is 55.5 Å². The van der Waals surface area contributed by atoms with Crippen LogP contribution in [-0.4, -0.2) is 22.1 Å². The fourth-order valence-corrected chi connectivity index (χ4v) is 2.01. The van der Waals surface area contributed by atoms with E-state index in [1.165, 1.54) is 10.9 Å². The van der Waals surface area contributed by atoms with Crippen LogP contribution in [0, 0.1) is 6.92 Å². The average Bonchev–Trinajstić information content (AvgIpc) is 2.90. The number of aromatic nitrogens is 2. The largest absolute Gasteiger partial charge is 0.484 e. The first-order valence-electron chi connectivity index (χ1n) is 6.39. The van der Waals surface area contributed by atoms with Crippen molar-refractivity contribution < 1.29 is 9.53 Å². The molecule has 0 fully saturated rings. The SMILES string of the molecule is Cc1ccc(OCC(=O)n2cnc3ccccc32)cc1. The summed E-state index contributed by atoms with van der Waals surface area (Å²) in [5.41, 5.74) is 2.76. The first kappa shape index (κ1) is 12.4. The topological polar surface area (TPSA) is 44.1 Å². The van der Waals surface area contributed by atoms with E-state index < -0.39 is 0 Å². The van der Waals surface area contributed by atoms with Crippen LogP contribution in [0.4, 0.5) is 0 Å². The summed E-state index contributed by atoms with van der Waals surface area (Å²) < 4.78 is 7.01. The van der Waals surface area contributed by atoms with Crippen LogP contribution in [0.25, 0.3) is 11.0 Å². The normalized spacial score (nSPS) is 10.7. The van der Waals surface area contributed by atoms with Crippen molar-refractivity contribution >= 4 is 16.9 Å². The van der Waals surface area contributed by atoms with Gasteiger partial charge in [0.25, 0.3) is 5.91 Å². The van der Waals surface area contributed by atoms with E-state index in [1.54, 1.807) is 0 Å². The standard InChI is InChI=1S/C16H14N2O2/c1-12-6-8-13(9-7-12)20-10-16(19)18-11-17-14-4-2-3-5-15(14)18/h2-9,11H,10H2,1H3. The van der Waals surface area contributed by atoms with Crippen LogP contribution in [0.1, 0.15) is 10.4 Å². The summed E-state index contributed by atoms with van der Waals surface area (Å²) in [4.78, 5) is 16.4. The molecule has 100 valence electrons. The molecule has 0 saturated carbocycles. The summed E-state index contributed by atoms with van der Waals surface area (Å²) in [6, 6.07) is 15.1. The molecule has 0 N–H and O–H groups in total. The number of nitrogens with zero attached hydrogens (tertiary/aromatic N) is 2. The highest BCUT2D eigenvalue weighted by Gasteiger charge is 2.10. The Hall–Kier alpha value is -2.62. The lowest BCUT2D eigenvalue weighted by atomic mass is 10.2. The minimum absolute atomic E-state index is 0.0105. The van der Waals surface area contributed by atoms with Gasteiger partial charge in [-0.05, 0) is 31.2 Å². The number of hydrogen-bond donors (Lipinski definition) is 0. The lowest BCUT2D eigenvalue weighted by Crippen LogP contribution is -2.18. The van der Waals surface area contributed by atoms with Crippen LogP contribution in [-0.2, 0) is 0 Å². The van der Waals surface area contributed by atoms with Gasteiger partial charge in [-0.15, -0.1) is 0 Å². The molecule has 3 aromatic rings. The van der Waals surface area contributed by atoms with Crippen molar-refractivity contribution in [1.29, 1.82) is 0 Å². The first-order chi connectivity index (χ1) is 9.74. The molecule has 0 radical (unpaired) electrons. The highest BCUT2D eigenvalue weighted by atomic mass is 16.5. The predicted octanol–water partition coefficient (Wildman–Crippen LogP) is 3.06. The van der Waals surface area contributed by atoms with Crippen LogP contribution in [0.15, 0.2) is 54.9 Å².